The van der Waals surface area contributed by atoms with Gasteiger partial charge in [0.25, 0.3) is 0 Å². The van der Waals surface area contributed by atoms with Gasteiger partial charge < -0.3 is 14.8 Å². The van der Waals surface area contributed by atoms with Crippen molar-refractivity contribution in [2.75, 3.05) is 0 Å². The SMILES string of the molecule is CC(=O)CCCC(C)NC(=O)OC(C)(C)C. The molecule has 1 N–H and O–H groups in total. The van der Waals surface area contributed by atoms with Crippen LogP contribution in [0.3, 0.4) is 0 Å². The number of carbonyl (C=O) groups is 2. The van der Waals surface area contributed by atoms with E-state index in [9.17, 15) is 9.59 Å². The van der Waals surface area contributed by atoms with E-state index in [1.54, 1.807) is 6.92 Å². The second-order valence-corrected chi connectivity index (χ2v) is 5.14. The first-order valence-corrected chi connectivity index (χ1v) is 5.69. The second kappa shape index (κ2) is 6.51. The molecule has 0 aromatic heterocycles. The normalized spacial score (nSPS) is 13.1. The lowest BCUT2D eigenvalue weighted by Crippen LogP contribution is -2.37. The number of amides is 1. The summed E-state index contributed by atoms with van der Waals surface area (Å²) < 4.78 is 5.12. The maximum atomic E-state index is 11.4. The van der Waals surface area contributed by atoms with Crippen LogP contribution in [0, 0.1) is 0 Å². The lowest BCUT2D eigenvalue weighted by molar-refractivity contribution is -0.117. The zero-order valence-corrected chi connectivity index (χ0v) is 10.9. The van der Waals surface area contributed by atoms with Gasteiger partial charge in [-0.2, -0.15) is 0 Å². The van der Waals surface area contributed by atoms with Crippen molar-refractivity contribution in [1.82, 2.24) is 5.32 Å². The highest BCUT2D eigenvalue weighted by atomic mass is 16.6. The highest BCUT2D eigenvalue weighted by Gasteiger charge is 2.17. The van der Waals surface area contributed by atoms with Crippen LogP contribution in [0.2, 0.25) is 0 Å². The molecule has 0 radical (unpaired) electrons. The minimum absolute atomic E-state index is 0.0363. The van der Waals surface area contributed by atoms with E-state index in [0.29, 0.717) is 6.42 Å². The molecule has 0 saturated heterocycles. The van der Waals surface area contributed by atoms with E-state index in [2.05, 4.69) is 5.32 Å². The van der Waals surface area contributed by atoms with Crippen molar-refractivity contribution in [2.45, 2.75) is 65.5 Å². The number of ether oxygens (including phenoxy) is 1. The third-order valence-corrected chi connectivity index (χ3v) is 1.93. The predicted octanol–water partition coefficient (Wildman–Crippen LogP) is 2.66. The quantitative estimate of drug-likeness (QED) is 0.788. The molecule has 1 unspecified atom stereocenters. The minimum Gasteiger partial charge on any atom is -0.444 e. The van der Waals surface area contributed by atoms with Crippen LogP contribution in [-0.4, -0.2) is 23.5 Å². The molecule has 0 aliphatic rings. The van der Waals surface area contributed by atoms with E-state index in [1.807, 2.05) is 27.7 Å². The Labute approximate surface area is 97.7 Å². The summed E-state index contributed by atoms with van der Waals surface area (Å²) in [5.74, 6) is 0.185. The van der Waals surface area contributed by atoms with Crippen LogP contribution in [0.1, 0.15) is 53.9 Å². The highest BCUT2D eigenvalue weighted by Crippen LogP contribution is 2.08. The fourth-order valence-corrected chi connectivity index (χ4v) is 1.24. The van der Waals surface area contributed by atoms with Crippen LogP contribution >= 0.6 is 0 Å². The number of Topliss-reactive ketones (excluding diaryl/α,β-unsaturated/α-hetero) is 1. The van der Waals surface area contributed by atoms with Gasteiger partial charge in [-0.15, -0.1) is 0 Å². The molecule has 0 aromatic carbocycles. The van der Waals surface area contributed by atoms with Gasteiger partial charge in [0.15, 0.2) is 0 Å². The van der Waals surface area contributed by atoms with Crippen molar-refractivity contribution in [3.63, 3.8) is 0 Å². The Morgan fingerprint density at radius 2 is 1.88 bits per heavy atom. The van der Waals surface area contributed by atoms with Gasteiger partial charge in [0, 0.05) is 12.5 Å². The summed E-state index contributed by atoms with van der Waals surface area (Å²) in [5, 5.41) is 2.74. The molecule has 0 rings (SSSR count). The first kappa shape index (κ1) is 14.9. The van der Waals surface area contributed by atoms with Gasteiger partial charge in [-0.3, -0.25) is 0 Å². The Kier molecular flexibility index (Phi) is 6.08. The van der Waals surface area contributed by atoms with Crippen LogP contribution in [0.15, 0.2) is 0 Å². The molecule has 0 fully saturated rings. The summed E-state index contributed by atoms with van der Waals surface area (Å²) in [6, 6.07) is 0.0363. The van der Waals surface area contributed by atoms with Crippen LogP contribution < -0.4 is 5.32 Å². The Hall–Kier alpha value is -1.06. The Morgan fingerprint density at radius 1 is 1.31 bits per heavy atom. The third kappa shape index (κ3) is 9.49. The number of ketones is 1. The number of alkyl carbamates (subject to hydrolysis) is 1. The summed E-state index contributed by atoms with van der Waals surface area (Å²) in [6.45, 7) is 8.96. The van der Waals surface area contributed by atoms with Gasteiger partial charge in [0.1, 0.15) is 11.4 Å². The number of hydrogen-bond acceptors (Lipinski definition) is 3. The molecule has 4 heteroatoms. The predicted molar refractivity (Wildman–Crippen MR) is 63.4 cm³/mol. The van der Waals surface area contributed by atoms with Gasteiger partial charge in [-0.05, 0) is 47.5 Å². The Balaban J connectivity index is 3.74. The lowest BCUT2D eigenvalue weighted by atomic mass is 10.1. The van der Waals surface area contributed by atoms with E-state index in [4.69, 9.17) is 4.74 Å². The van der Waals surface area contributed by atoms with E-state index in [0.717, 1.165) is 12.8 Å². The van der Waals surface area contributed by atoms with E-state index in [-0.39, 0.29) is 11.8 Å². The van der Waals surface area contributed by atoms with Gasteiger partial charge in [-0.1, -0.05) is 0 Å². The zero-order chi connectivity index (χ0) is 12.8. The molecule has 0 bridgehead atoms. The summed E-state index contributed by atoms with van der Waals surface area (Å²) in [4.78, 5) is 22.1. The monoisotopic (exact) mass is 229 g/mol. The van der Waals surface area contributed by atoms with Crippen molar-refractivity contribution in [1.29, 1.82) is 0 Å². The van der Waals surface area contributed by atoms with Crippen LogP contribution in [0.5, 0.6) is 0 Å². The lowest BCUT2D eigenvalue weighted by Gasteiger charge is -2.21. The summed E-state index contributed by atoms with van der Waals surface area (Å²) in [6.07, 6.45) is 1.76. The molecule has 0 aliphatic carbocycles. The number of nitrogens with one attached hydrogen (secondary N) is 1. The van der Waals surface area contributed by atoms with E-state index in [1.165, 1.54) is 0 Å². The van der Waals surface area contributed by atoms with Crippen molar-refractivity contribution in [3.05, 3.63) is 0 Å². The van der Waals surface area contributed by atoms with Crippen molar-refractivity contribution in [3.8, 4) is 0 Å². The van der Waals surface area contributed by atoms with Crippen LogP contribution in [0.25, 0.3) is 0 Å². The average Bonchev–Trinajstić information content (AvgIpc) is 1.98. The van der Waals surface area contributed by atoms with Gasteiger partial charge >= 0.3 is 6.09 Å². The molecule has 0 aliphatic heterocycles. The summed E-state index contributed by atoms with van der Waals surface area (Å²) in [5.41, 5.74) is -0.469. The maximum Gasteiger partial charge on any atom is 0.407 e. The minimum atomic E-state index is -0.469. The molecule has 0 saturated carbocycles. The third-order valence-electron chi connectivity index (χ3n) is 1.93. The van der Waals surface area contributed by atoms with Crippen molar-refractivity contribution in [2.24, 2.45) is 0 Å². The molecule has 0 aromatic rings. The molecule has 1 atom stereocenters. The Morgan fingerprint density at radius 3 is 2.31 bits per heavy atom. The number of hydrogen-bond donors (Lipinski definition) is 1. The second-order valence-electron chi connectivity index (χ2n) is 5.14. The first-order valence-electron chi connectivity index (χ1n) is 5.69. The molecule has 16 heavy (non-hydrogen) atoms. The number of carbonyl (C=O) groups excluding carboxylic acids is 2. The van der Waals surface area contributed by atoms with Gasteiger partial charge in [-0.25, -0.2) is 4.79 Å². The standard InChI is InChI=1S/C12H23NO3/c1-9(7-6-8-10(2)14)13-11(15)16-12(3,4)5/h9H,6-8H2,1-5H3,(H,13,15). The zero-order valence-electron chi connectivity index (χ0n) is 10.9. The molecular weight excluding hydrogens is 206 g/mol. The fraction of sp³-hybridized carbons (Fsp3) is 0.833. The van der Waals surface area contributed by atoms with E-state index < -0.39 is 11.7 Å². The van der Waals surface area contributed by atoms with E-state index >= 15 is 0 Å². The molecular formula is C12H23NO3. The molecule has 1 amide bonds. The van der Waals surface area contributed by atoms with Gasteiger partial charge in [0.05, 0.1) is 0 Å². The largest absolute Gasteiger partial charge is 0.444 e. The average molecular weight is 229 g/mol. The maximum absolute atomic E-state index is 11.4. The van der Waals surface area contributed by atoms with Crippen LogP contribution in [-0.2, 0) is 9.53 Å². The van der Waals surface area contributed by atoms with Crippen molar-refractivity contribution >= 4 is 11.9 Å². The topological polar surface area (TPSA) is 55.4 Å². The Bertz CT molecular complexity index is 243. The molecule has 4 nitrogen and oxygen atoms in total. The smallest absolute Gasteiger partial charge is 0.407 e. The fourth-order valence-electron chi connectivity index (χ4n) is 1.24. The molecule has 94 valence electrons. The summed E-state index contributed by atoms with van der Waals surface area (Å²) >= 11 is 0. The van der Waals surface area contributed by atoms with Crippen LogP contribution in [0.4, 0.5) is 4.79 Å². The van der Waals surface area contributed by atoms with Crippen molar-refractivity contribution < 1.29 is 14.3 Å². The molecule has 0 heterocycles. The number of rotatable bonds is 5. The highest BCUT2D eigenvalue weighted by molar-refractivity contribution is 5.75. The molecule has 0 spiro atoms. The summed E-state index contributed by atoms with van der Waals surface area (Å²) in [7, 11) is 0. The van der Waals surface area contributed by atoms with Gasteiger partial charge in [0.2, 0.25) is 0 Å². The first-order chi connectivity index (χ1) is 7.20.